The first kappa shape index (κ1) is 8.27. The Kier molecular flexibility index (Phi) is 2.00. The van der Waals surface area contributed by atoms with E-state index in [1.807, 2.05) is 20.8 Å². The fourth-order valence-electron chi connectivity index (χ4n) is 1.04. The molecule has 0 aliphatic carbocycles. The van der Waals surface area contributed by atoms with Gasteiger partial charge in [0.1, 0.15) is 5.76 Å². The van der Waals surface area contributed by atoms with Crippen molar-refractivity contribution in [2.75, 3.05) is 6.54 Å². The number of rotatable bonds is 2. The van der Waals surface area contributed by atoms with E-state index in [1.54, 1.807) is 0 Å². The Bertz CT molecular complexity index is 240. The zero-order chi connectivity index (χ0) is 8.48. The van der Waals surface area contributed by atoms with Crippen LogP contribution in [0.25, 0.3) is 0 Å². The average molecular weight is 154 g/mol. The minimum absolute atomic E-state index is 0.0966. The monoisotopic (exact) mass is 154 g/mol. The van der Waals surface area contributed by atoms with Crippen molar-refractivity contribution >= 4 is 0 Å². The van der Waals surface area contributed by atoms with Gasteiger partial charge in [-0.15, -0.1) is 0 Å². The van der Waals surface area contributed by atoms with Gasteiger partial charge in [0.2, 0.25) is 0 Å². The molecule has 2 N–H and O–H groups in total. The van der Waals surface area contributed by atoms with E-state index in [1.165, 1.54) is 6.39 Å². The lowest BCUT2D eigenvalue weighted by atomic mass is 9.89. The Morgan fingerprint density at radius 1 is 1.64 bits per heavy atom. The zero-order valence-corrected chi connectivity index (χ0v) is 7.22. The molecule has 0 bridgehead atoms. The Morgan fingerprint density at radius 2 is 2.27 bits per heavy atom. The Labute approximate surface area is 66.6 Å². The molecule has 0 saturated heterocycles. The predicted octanol–water partition coefficient (Wildman–Crippen LogP) is 1.22. The van der Waals surface area contributed by atoms with Crippen LogP contribution in [0.1, 0.15) is 25.3 Å². The molecule has 3 heteroatoms. The van der Waals surface area contributed by atoms with Gasteiger partial charge in [0.15, 0.2) is 6.39 Å². The summed E-state index contributed by atoms with van der Waals surface area (Å²) in [6, 6.07) is 0. The normalized spacial score (nSPS) is 12.0. The van der Waals surface area contributed by atoms with Gasteiger partial charge in [-0.1, -0.05) is 13.8 Å². The van der Waals surface area contributed by atoms with Crippen LogP contribution in [0.15, 0.2) is 10.8 Å². The summed E-state index contributed by atoms with van der Waals surface area (Å²) in [5, 5.41) is 0. The van der Waals surface area contributed by atoms with Gasteiger partial charge < -0.3 is 10.2 Å². The molecule has 0 atom stereocenters. The van der Waals surface area contributed by atoms with Crippen molar-refractivity contribution in [1.29, 1.82) is 0 Å². The molecule has 0 unspecified atom stereocenters. The van der Waals surface area contributed by atoms with Crippen molar-refractivity contribution < 1.29 is 4.42 Å². The van der Waals surface area contributed by atoms with E-state index in [9.17, 15) is 0 Å². The summed E-state index contributed by atoms with van der Waals surface area (Å²) in [5.41, 5.74) is 6.41. The van der Waals surface area contributed by atoms with Crippen LogP contribution >= 0.6 is 0 Å². The van der Waals surface area contributed by atoms with Crippen molar-refractivity contribution in [1.82, 2.24) is 4.98 Å². The SMILES string of the molecule is Cc1ncoc1C(C)(C)CN. The number of aromatic nitrogens is 1. The lowest BCUT2D eigenvalue weighted by Gasteiger charge is -2.19. The van der Waals surface area contributed by atoms with Crippen LogP contribution in [-0.2, 0) is 5.41 Å². The van der Waals surface area contributed by atoms with E-state index in [0.717, 1.165) is 11.5 Å². The molecular weight excluding hydrogens is 140 g/mol. The maximum atomic E-state index is 5.58. The molecule has 0 fully saturated rings. The molecule has 1 heterocycles. The van der Waals surface area contributed by atoms with Crippen LogP contribution in [0.4, 0.5) is 0 Å². The lowest BCUT2D eigenvalue weighted by molar-refractivity contribution is 0.388. The molecule has 0 aliphatic heterocycles. The summed E-state index contributed by atoms with van der Waals surface area (Å²) in [7, 11) is 0. The first-order valence-corrected chi connectivity index (χ1v) is 3.68. The third-order valence-electron chi connectivity index (χ3n) is 1.87. The third-order valence-corrected chi connectivity index (χ3v) is 1.87. The summed E-state index contributed by atoms with van der Waals surface area (Å²) < 4.78 is 5.23. The topological polar surface area (TPSA) is 52.0 Å². The smallest absolute Gasteiger partial charge is 0.181 e. The fourth-order valence-corrected chi connectivity index (χ4v) is 1.04. The van der Waals surface area contributed by atoms with Gasteiger partial charge in [0.25, 0.3) is 0 Å². The van der Waals surface area contributed by atoms with E-state index < -0.39 is 0 Å². The Balaban J connectivity index is 3.00. The van der Waals surface area contributed by atoms with Gasteiger partial charge in [-0.05, 0) is 6.92 Å². The summed E-state index contributed by atoms with van der Waals surface area (Å²) in [4.78, 5) is 4.01. The second kappa shape index (κ2) is 2.66. The van der Waals surface area contributed by atoms with E-state index in [2.05, 4.69) is 4.98 Å². The number of aryl methyl sites for hydroxylation is 1. The van der Waals surface area contributed by atoms with Crippen molar-refractivity contribution in [2.45, 2.75) is 26.2 Å². The highest BCUT2D eigenvalue weighted by Gasteiger charge is 2.24. The molecule has 3 nitrogen and oxygen atoms in total. The third kappa shape index (κ3) is 1.43. The highest BCUT2D eigenvalue weighted by Crippen LogP contribution is 2.23. The van der Waals surface area contributed by atoms with Crippen LogP contribution < -0.4 is 5.73 Å². The predicted molar refractivity (Wildman–Crippen MR) is 43.3 cm³/mol. The highest BCUT2D eigenvalue weighted by atomic mass is 16.3. The van der Waals surface area contributed by atoms with E-state index in [4.69, 9.17) is 10.2 Å². The molecule has 0 saturated carbocycles. The van der Waals surface area contributed by atoms with E-state index >= 15 is 0 Å². The number of oxazole rings is 1. The first-order valence-electron chi connectivity index (χ1n) is 3.68. The average Bonchev–Trinajstić information content (AvgIpc) is 2.36. The van der Waals surface area contributed by atoms with Gasteiger partial charge >= 0.3 is 0 Å². The fraction of sp³-hybridized carbons (Fsp3) is 0.625. The number of nitrogens with zero attached hydrogens (tertiary/aromatic N) is 1. The molecule has 0 aromatic carbocycles. The maximum Gasteiger partial charge on any atom is 0.181 e. The van der Waals surface area contributed by atoms with Crippen molar-refractivity contribution in [3.05, 3.63) is 17.8 Å². The van der Waals surface area contributed by atoms with Crippen molar-refractivity contribution in [2.24, 2.45) is 5.73 Å². The molecule has 0 aliphatic rings. The Morgan fingerprint density at radius 3 is 2.64 bits per heavy atom. The van der Waals surface area contributed by atoms with Gasteiger partial charge in [0.05, 0.1) is 5.69 Å². The van der Waals surface area contributed by atoms with Gasteiger partial charge in [0, 0.05) is 12.0 Å². The first-order chi connectivity index (χ1) is 5.08. The van der Waals surface area contributed by atoms with Crippen LogP contribution in [0.2, 0.25) is 0 Å². The van der Waals surface area contributed by atoms with Crippen LogP contribution in [0, 0.1) is 6.92 Å². The zero-order valence-electron chi connectivity index (χ0n) is 7.22. The molecule has 0 spiro atoms. The van der Waals surface area contributed by atoms with Gasteiger partial charge in [-0.25, -0.2) is 4.98 Å². The molecule has 0 radical (unpaired) electrons. The second-order valence-electron chi connectivity index (χ2n) is 3.35. The molecule has 62 valence electrons. The van der Waals surface area contributed by atoms with Crippen LogP contribution in [-0.4, -0.2) is 11.5 Å². The molecule has 11 heavy (non-hydrogen) atoms. The molecule has 1 rings (SSSR count). The minimum atomic E-state index is -0.0966. The van der Waals surface area contributed by atoms with Crippen LogP contribution in [0.3, 0.4) is 0 Å². The summed E-state index contributed by atoms with van der Waals surface area (Å²) in [6.07, 6.45) is 1.46. The largest absolute Gasteiger partial charge is 0.448 e. The Hall–Kier alpha value is -0.830. The van der Waals surface area contributed by atoms with E-state index in [0.29, 0.717) is 6.54 Å². The van der Waals surface area contributed by atoms with Gasteiger partial charge in [-0.2, -0.15) is 0 Å². The molecule has 1 aromatic heterocycles. The molecule has 1 aromatic rings. The van der Waals surface area contributed by atoms with Gasteiger partial charge in [-0.3, -0.25) is 0 Å². The minimum Gasteiger partial charge on any atom is -0.448 e. The standard InChI is InChI=1S/C8H14N2O/c1-6-7(11-5-10-6)8(2,3)4-9/h5H,4,9H2,1-3H3. The summed E-state index contributed by atoms with van der Waals surface area (Å²) >= 11 is 0. The summed E-state index contributed by atoms with van der Waals surface area (Å²) in [5.74, 6) is 0.889. The highest BCUT2D eigenvalue weighted by molar-refractivity contribution is 5.15. The number of nitrogens with two attached hydrogens (primary N) is 1. The molecular formula is C8H14N2O. The lowest BCUT2D eigenvalue weighted by Crippen LogP contribution is -2.28. The van der Waals surface area contributed by atoms with Crippen molar-refractivity contribution in [3.63, 3.8) is 0 Å². The maximum absolute atomic E-state index is 5.58. The number of hydrogen-bond acceptors (Lipinski definition) is 3. The van der Waals surface area contributed by atoms with E-state index in [-0.39, 0.29) is 5.41 Å². The quantitative estimate of drug-likeness (QED) is 0.696. The second-order valence-corrected chi connectivity index (χ2v) is 3.35. The molecule has 0 amide bonds. The van der Waals surface area contributed by atoms with Crippen molar-refractivity contribution in [3.8, 4) is 0 Å². The summed E-state index contributed by atoms with van der Waals surface area (Å²) in [6.45, 7) is 6.58. The van der Waals surface area contributed by atoms with Crippen LogP contribution in [0.5, 0.6) is 0 Å². The number of hydrogen-bond donors (Lipinski definition) is 1.